The van der Waals surface area contributed by atoms with Crippen LogP contribution in [0.15, 0.2) is 0 Å². The summed E-state index contributed by atoms with van der Waals surface area (Å²) in [7, 11) is 0. The fourth-order valence-corrected chi connectivity index (χ4v) is 1.52. The average molecular weight is 227 g/mol. The molecule has 1 aliphatic rings. The van der Waals surface area contributed by atoms with E-state index in [2.05, 4.69) is 6.92 Å². The summed E-state index contributed by atoms with van der Waals surface area (Å²) in [5.41, 5.74) is -1.53. The minimum Gasteiger partial charge on any atom is -0.480 e. The van der Waals surface area contributed by atoms with Crippen molar-refractivity contribution in [2.45, 2.75) is 38.9 Å². The maximum Gasteiger partial charge on any atom is 0.328 e. The van der Waals surface area contributed by atoms with E-state index in [0.717, 1.165) is 25.7 Å². The lowest BCUT2D eigenvalue weighted by molar-refractivity contribution is -0.224. The van der Waals surface area contributed by atoms with Crippen molar-refractivity contribution in [3.05, 3.63) is 0 Å². The van der Waals surface area contributed by atoms with Crippen molar-refractivity contribution >= 4 is 5.97 Å². The number of carboxylic acids is 1. The molecule has 1 saturated heterocycles. The predicted molar refractivity (Wildman–Crippen MR) is 55.5 cm³/mol. The van der Waals surface area contributed by atoms with Gasteiger partial charge in [0.2, 0.25) is 5.41 Å². The lowest BCUT2D eigenvalue weighted by atomic mass is 9.91. The van der Waals surface area contributed by atoms with Gasteiger partial charge in [0.15, 0.2) is 6.29 Å². The Hall–Kier alpha value is -1.12. The Morgan fingerprint density at radius 1 is 1.50 bits per heavy atom. The van der Waals surface area contributed by atoms with Crippen molar-refractivity contribution in [2.75, 3.05) is 13.2 Å². The molecule has 0 bridgehead atoms. The maximum atomic E-state index is 10.9. The van der Waals surface area contributed by atoms with Crippen LogP contribution < -0.4 is 0 Å². The molecule has 5 heteroatoms. The number of ether oxygens (including phenoxy) is 2. The topological polar surface area (TPSA) is 79.5 Å². The molecule has 16 heavy (non-hydrogen) atoms. The summed E-state index contributed by atoms with van der Waals surface area (Å²) in [6, 6.07) is 1.76. The van der Waals surface area contributed by atoms with E-state index in [1.807, 2.05) is 0 Å². The molecule has 0 aromatic heterocycles. The molecule has 0 saturated carbocycles. The summed E-state index contributed by atoms with van der Waals surface area (Å²) < 4.78 is 10.5. The standard InChI is InChI=1S/C11H17NO4/c1-2-3-4-5-9-15-7-11(6-12,8-16-9)10(13)14/h9H,2-5,7-8H2,1H3,(H,13,14). The van der Waals surface area contributed by atoms with Crippen LogP contribution in [0.1, 0.15) is 32.6 Å². The van der Waals surface area contributed by atoms with Gasteiger partial charge >= 0.3 is 5.97 Å². The van der Waals surface area contributed by atoms with Gasteiger partial charge in [0.25, 0.3) is 0 Å². The Labute approximate surface area is 95.0 Å². The molecule has 1 aliphatic heterocycles. The van der Waals surface area contributed by atoms with Crippen molar-refractivity contribution in [1.82, 2.24) is 0 Å². The molecule has 0 unspecified atom stereocenters. The molecular weight excluding hydrogens is 210 g/mol. The number of carboxylic acid groups (broad SMARTS) is 1. The van der Waals surface area contributed by atoms with E-state index in [-0.39, 0.29) is 19.5 Å². The molecule has 5 nitrogen and oxygen atoms in total. The fourth-order valence-electron chi connectivity index (χ4n) is 1.52. The zero-order valence-electron chi connectivity index (χ0n) is 9.44. The Kier molecular flexibility index (Phi) is 4.71. The Balaban J connectivity index is 2.38. The molecule has 0 amide bonds. The van der Waals surface area contributed by atoms with Crippen LogP contribution >= 0.6 is 0 Å². The highest BCUT2D eigenvalue weighted by atomic mass is 16.7. The third-order valence-corrected chi connectivity index (χ3v) is 2.70. The molecular formula is C11H17NO4. The number of aliphatic carboxylic acids is 1. The van der Waals surface area contributed by atoms with Crippen molar-refractivity contribution in [1.29, 1.82) is 5.26 Å². The van der Waals surface area contributed by atoms with Crippen LogP contribution in [0.3, 0.4) is 0 Å². The molecule has 1 N–H and O–H groups in total. The predicted octanol–water partition coefficient (Wildman–Crippen LogP) is 1.53. The highest BCUT2D eigenvalue weighted by Crippen LogP contribution is 2.26. The van der Waals surface area contributed by atoms with E-state index in [4.69, 9.17) is 19.8 Å². The monoisotopic (exact) mass is 227 g/mol. The first-order chi connectivity index (χ1) is 7.64. The SMILES string of the molecule is CCCCCC1OCC(C#N)(C(=O)O)CO1. The average Bonchev–Trinajstić information content (AvgIpc) is 2.30. The number of rotatable bonds is 5. The summed E-state index contributed by atoms with van der Waals surface area (Å²) in [5.74, 6) is -1.18. The quantitative estimate of drug-likeness (QED) is 0.720. The van der Waals surface area contributed by atoms with Crippen molar-refractivity contribution in [3.63, 3.8) is 0 Å². The third kappa shape index (κ3) is 2.94. The summed E-state index contributed by atoms with van der Waals surface area (Å²) in [6.07, 6.45) is 3.62. The molecule has 0 atom stereocenters. The van der Waals surface area contributed by atoms with Crippen LogP contribution in [0.5, 0.6) is 0 Å². The van der Waals surface area contributed by atoms with E-state index in [1.54, 1.807) is 6.07 Å². The number of hydrogen-bond acceptors (Lipinski definition) is 4. The first kappa shape index (κ1) is 12.9. The summed E-state index contributed by atoms with van der Waals surface area (Å²) in [4.78, 5) is 10.9. The number of nitrogens with zero attached hydrogens (tertiary/aromatic N) is 1. The van der Waals surface area contributed by atoms with Crippen LogP contribution in [0.2, 0.25) is 0 Å². The molecule has 0 aromatic carbocycles. The minimum atomic E-state index is -1.53. The van der Waals surface area contributed by atoms with Crippen LogP contribution in [-0.4, -0.2) is 30.6 Å². The van der Waals surface area contributed by atoms with E-state index in [1.165, 1.54) is 0 Å². The van der Waals surface area contributed by atoms with Crippen LogP contribution in [-0.2, 0) is 14.3 Å². The van der Waals surface area contributed by atoms with Gasteiger partial charge in [-0.2, -0.15) is 5.26 Å². The number of unbranched alkanes of at least 4 members (excludes halogenated alkanes) is 2. The Morgan fingerprint density at radius 3 is 2.56 bits per heavy atom. The molecule has 0 aliphatic carbocycles. The third-order valence-electron chi connectivity index (χ3n) is 2.70. The smallest absolute Gasteiger partial charge is 0.328 e. The normalized spacial score (nSPS) is 29.6. The largest absolute Gasteiger partial charge is 0.480 e. The number of hydrogen-bond donors (Lipinski definition) is 1. The van der Waals surface area contributed by atoms with E-state index in [0.29, 0.717) is 0 Å². The van der Waals surface area contributed by atoms with Gasteiger partial charge in [-0.3, -0.25) is 4.79 Å². The Bertz CT molecular complexity index is 276. The van der Waals surface area contributed by atoms with Gasteiger partial charge in [0, 0.05) is 0 Å². The van der Waals surface area contributed by atoms with Crippen LogP contribution in [0.25, 0.3) is 0 Å². The number of nitriles is 1. The molecule has 0 aromatic rings. The lowest BCUT2D eigenvalue weighted by Crippen LogP contribution is -2.46. The van der Waals surface area contributed by atoms with Crippen molar-refractivity contribution < 1.29 is 19.4 Å². The second-order valence-corrected chi connectivity index (χ2v) is 4.05. The highest BCUT2D eigenvalue weighted by molar-refractivity contribution is 5.78. The molecule has 1 fully saturated rings. The zero-order chi connectivity index (χ0) is 12.0. The van der Waals surface area contributed by atoms with Gasteiger partial charge in [-0.05, 0) is 12.8 Å². The fraction of sp³-hybridized carbons (Fsp3) is 0.818. The van der Waals surface area contributed by atoms with Crippen LogP contribution in [0, 0.1) is 16.7 Å². The number of carbonyl (C=O) groups is 1. The lowest BCUT2D eigenvalue weighted by Gasteiger charge is -2.32. The molecule has 0 radical (unpaired) electrons. The van der Waals surface area contributed by atoms with Gasteiger partial charge in [0.1, 0.15) is 0 Å². The van der Waals surface area contributed by atoms with E-state index < -0.39 is 11.4 Å². The first-order valence-electron chi connectivity index (χ1n) is 5.52. The summed E-state index contributed by atoms with van der Waals surface area (Å²) >= 11 is 0. The molecule has 0 spiro atoms. The van der Waals surface area contributed by atoms with E-state index in [9.17, 15) is 4.79 Å². The summed E-state index contributed by atoms with van der Waals surface area (Å²) in [6.45, 7) is 1.93. The highest BCUT2D eigenvalue weighted by Gasteiger charge is 2.44. The molecule has 90 valence electrons. The minimum absolute atomic E-state index is 0.0877. The van der Waals surface area contributed by atoms with Gasteiger partial charge in [0.05, 0.1) is 19.3 Å². The molecule has 1 heterocycles. The van der Waals surface area contributed by atoms with Gasteiger partial charge in [-0.15, -0.1) is 0 Å². The molecule has 1 rings (SSSR count). The van der Waals surface area contributed by atoms with Gasteiger partial charge in [-0.25, -0.2) is 0 Å². The second kappa shape index (κ2) is 5.83. The summed E-state index contributed by atoms with van der Waals surface area (Å²) in [5, 5.41) is 17.7. The van der Waals surface area contributed by atoms with E-state index >= 15 is 0 Å². The van der Waals surface area contributed by atoms with Crippen molar-refractivity contribution in [2.24, 2.45) is 5.41 Å². The van der Waals surface area contributed by atoms with Gasteiger partial charge < -0.3 is 14.6 Å². The maximum absolute atomic E-state index is 10.9. The zero-order valence-corrected chi connectivity index (χ0v) is 9.44. The van der Waals surface area contributed by atoms with Gasteiger partial charge in [-0.1, -0.05) is 19.8 Å². The first-order valence-corrected chi connectivity index (χ1v) is 5.52. The van der Waals surface area contributed by atoms with Crippen LogP contribution in [0.4, 0.5) is 0 Å². The second-order valence-electron chi connectivity index (χ2n) is 4.05. The van der Waals surface area contributed by atoms with Crippen molar-refractivity contribution in [3.8, 4) is 6.07 Å². The Morgan fingerprint density at radius 2 is 2.12 bits per heavy atom.